The van der Waals surface area contributed by atoms with Crippen molar-refractivity contribution in [2.24, 2.45) is 5.92 Å². The van der Waals surface area contributed by atoms with Crippen LogP contribution in [0.3, 0.4) is 0 Å². The summed E-state index contributed by atoms with van der Waals surface area (Å²) in [6.45, 7) is 3.99. The number of esters is 1. The predicted molar refractivity (Wildman–Crippen MR) is 107 cm³/mol. The van der Waals surface area contributed by atoms with Crippen molar-refractivity contribution in [1.82, 2.24) is 0 Å². The lowest BCUT2D eigenvalue weighted by Gasteiger charge is -2.21. The minimum absolute atomic E-state index is 0.142. The third-order valence-electron chi connectivity index (χ3n) is 5.08. The maximum Gasteiger partial charge on any atom is 0.339 e. The fourth-order valence-electron chi connectivity index (χ4n) is 3.43. The van der Waals surface area contributed by atoms with Crippen LogP contribution in [0.15, 0.2) is 47.4 Å². The van der Waals surface area contributed by atoms with Crippen LogP contribution in [0.5, 0.6) is 5.75 Å². The summed E-state index contributed by atoms with van der Waals surface area (Å²) in [7, 11) is -3.94. The second-order valence-electron chi connectivity index (χ2n) is 7.43. The van der Waals surface area contributed by atoms with E-state index in [1.54, 1.807) is 19.1 Å². The van der Waals surface area contributed by atoms with Crippen molar-refractivity contribution >= 4 is 16.1 Å². The normalized spacial score (nSPS) is 15.2. The van der Waals surface area contributed by atoms with E-state index in [9.17, 15) is 13.2 Å². The van der Waals surface area contributed by atoms with Gasteiger partial charge < -0.3 is 8.92 Å². The highest BCUT2D eigenvalue weighted by Crippen LogP contribution is 2.25. The highest BCUT2D eigenvalue weighted by atomic mass is 32.2. The van der Waals surface area contributed by atoms with Gasteiger partial charge in [-0.15, -0.1) is 0 Å². The molecular formula is C22H26O5S. The third-order valence-corrected chi connectivity index (χ3v) is 6.47. The first-order valence-electron chi connectivity index (χ1n) is 9.64. The van der Waals surface area contributed by atoms with Crippen LogP contribution in [0.1, 0.15) is 53.6 Å². The Bertz CT molecular complexity index is 926. The lowest BCUT2D eigenvalue weighted by molar-refractivity contribution is 0.0410. The molecule has 1 fully saturated rings. The number of carbonyl (C=O) groups is 1. The average molecular weight is 403 g/mol. The second kappa shape index (κ2) is 8.78. The van der Waals surface area contributed by atoms with Crippen molar-refractivity contribution in [3.63, 3.8) is 0 Å². The van der Waals surface area contributed by atoms with Crippen molar-refractivity contribution < 1.29 is 22.1 Å². The molecular weight excluding hydrogens is 376 g/mol. The summed E-state index contributed by atoms with van der Waals surface area (Å²) >= 11 is 0. The van der Waals surface area contributed by atoms with E-state index in [1.807, 2.05) is 13.0 Å². The van der Waals surface area contributed by atoms with Crippen molar-refractivity contribution in [3.05, 3.63) is 59.2 Å². The summed E-state index contributed by atoms with van der Waals surface area (Å²) in [5.74, 6) is 0.210. The lowest BCUT2D eigenvalue weighted by atomic mass is 9.90. The molecule has 0 saturated heterocycles. The molecule has 2 aromatic carbocycles. The smallest absolute Gasteiger partial charge is 0.339 e. The Morgan fingerprint density at radius 3 is 2.36 bits per heavy atom. The molecule has 0 radical (unpaired) electrons. The average Bonchev–Trinajstić information content (AvgIpc) is 2.69. The van der Waals surface area contributed by atoms with E-state index < -0.39 is 16.1 Å². The van der Waals surface area contributed by atoms with Crippen molar-refractivity contribution in [2.75, 3.05) is 6.61 Å². The third kappa shape index (κ3) is 5.13. The van der Waals surface area contributed by atoms with E-state index in [0.29, 0.717) is 23.7 Å². The Morgan fingerprint density at radius 2 is 1.68 bits per heavy atom. The molecule has 3 rings (SSSR count). The molecule has 0 heterocycles. The molecule has 2 aromatic rings. The molecule has 150 valence electrons. The van der Waals surface area contributed by atoms with Gasteiger partial charge in [-0.1, -0.05) is 31.4 Å². The first-order chi connectivity index (χ1) is 13.3. The van der Waals surface area contributed by atoms with E-state index in [-0.39, 0.29) is 10.6 Å². The summed E-state index contributed by atoms with van der Waals surface area (Å²) in [5, 5.41) is 0. The van der Waals surface area contributed by atoms with E-state index in [0.717, 1.165) is 18.4 Å². The number of carbonyl (C=O) groups excluding carboxylic acids is 1. The maximum absolute atomic E-state index is 12.6. The molecule has 0 atom stereocenters. The minimum atomic E-state index is -3.94. The molecule has 0 unspecified atom stereocenters. The van der Waals surface area contributed by atoms with Gasteiger partial charge in [0.05, 0.1) is 12.2 Å². The zero-order valence-corrected chi connectivity index (χ0v) is 17.1. The Hall–Kier alpha value is -2.34. The first-order valence-corrected chi connectivity index (χ1v) is 11.0. The standard InChI is InChI=1S/C22H26O5S/c1-16-8-9-17(2)21(14-16)28(24,25)27-20-12-10-19(11-13-20)22(23)26-15-18-6-4-3-5-7-18/h8-14,18H,3-7,15H2,1-2H3. The van der Waals surface area contributed by atoms with Gasteiger partial charge in [-0.3, -0.25) is 0 Å². The first kappa shape index (κ1) is 20.4. The largest absolute Gasteiger partial charge is 0.462 e. The molecule has 0 aromatic heterocycles. The number of benzene rings is 2. The van der Waals surface area contributed by atoms with Crippen LogP contribution in [0.4, 0.5) is 0 Å². The number of rotatable bonds is 6. The molecule has 28 heavy (non-hydrogen) atoms. The molecule has 6 heteroatoms. The summed E-state index contributed by atoms with van der Waals surface area (Å²) in [6, 6.07) is 11.2. The lowest BCUT2D eigenvalue weighted by Crippen LogP contribution is -2.16. The Labute approximate surface area is 166 Å². The zero-order valence-electron chi connectivity index (χ0n) is 16.3. The minimum Gasteiger partial charge on any atom is -0.462 e. The van der Waals surface area contributed by atoms with Gasteiger partial charge in [0.25, 0.3) is 0 Å². The zero-order chi connectivity index (χ0) is 20.1. The van der Waals surface area contributed by atoms with Crippen LogP contribution in [0, 0.1) is 19.8 Å². The fourth-order valence-corrected chi connectivity index (χ4v) is 4.67. The quantitative estimate of drug-likeness (QED) is 0.512. The second-order valence-corrected chi connectivity index (χ2v) is 8.95. The molecule has 0 N–H and O–H groups in total. The van der Waals surface area contributed by atoms with Crippen LogP contribution >= 0.6 is 0 Å². The van der Waals surface area contributed by atoms with Crippen LogP contribution in [0.25, 0.3) is 0 Å². The van der Waals surface area contributed by atoms with Gasteiger partial charge in [-0.05, 0) is 74.1 Å². The van der Waals surface area contributed by atoms with Gasteiger partial charge in [0.2, 0.25) is 0 Å². The Morgan fingerprint density at radius 1 is 1.00 bits per heavy atom. The summed E-state index contributed by atoms with van der Waals surface area (Å²) in [5.41, 5.74) is 1.84. The maximum atomic E-state index is 12.6. The van der Waals surface area contributed by atoms with Crippen LogP contribution in [0.2, 0.25) is 0 Å². The highest BCUT2D eigenvalue weighted by Gasteiger charge is 2.20. The van der Waals surface area contributed by atoms with Gasteiger partial charge in [-0.2, -0.15) is 8.42 Å². The van der Waals surface area contributed by atoms with Gasteiger partial charge in [0.1, 0.15) is 10.6 Å². The van der Waals surface area contributed by atoms with E-state index in [4.69, 9.17) is 8.92 Å². The number of aryl methyl sites for hydroxylation is 2. The molecule has 0 bridgehead atoms. The summed E-state index contributed by atoms with van der Waals surface area (Å²) < 4.78 is 35.8. The SMILES string of the molecule is Cc1ccc(C)c(S(=O)(=O)Oc2ccc(C(=O)OCC3CCCCC3)cc2)c1. The molecule has 0 spiro atoms. The summed E-state index contributed by atoms with van der Waals surface area (Å²) in [6.07, 6.45) is 5.87. The molecule has 1 saturated carbocycles. The number of ether oxygens (including phenoxy) is 1. The molecule has 0 amide bonds. The van der Waals surface area contributed by atoms with Crippen LogP contribution < -0.4 is 4.18 Å². The topological polar surface area (TPSA) is 69.7 Å². The van der Waals surface area contributed by atoms with Gasteiger partial charge >= 0.3 is 16.1 Å². The highest BCUT2D eigenvalue weighted by molar-refractivity contribution is 7.87. The Kier molecular flexibility index (Phi) is 6.39. The van der Waals surface area contributed by atoms with Crippen LogP contribution in [-0.2, 0) is 14.9 Å². The molecule has 0 aliphatic heterocycles. The monoisotopic (exact) mass is 402 g/mol. The molecule has 5 nitrogen and oxygen atoms in total. The predicted octanol–water partition coefficient (Wildman–Crippen LogP) is 4.81. The van der Waals surface area contributed by atoms with Crippen molar-refractivity contribution in [3.8, 4) is 5.75 Å². The molecule has 1 aliphatic carbocycles. The molecule has 1 aliphatic rings. The summed E-state index contributed by atoms with van der Waals surface area (Å²) in [4.78, 5) is 12.3. The van der Waals surface area contributed by atoms with Gasteiger partial charge in [0, 0.05) is 0 Å². The number of hydrogen-bond acceptors (Lipinski definition) is 5. The van der Waals surface area contributed by atoms with Gasteiger partial charge in [-0.25, -0.2) is 4.79 Å². The van der Waals surface area contributed by atoms with Crippen molar-refractivity contribution in [1.29, 1.82) is 0 Å². The van der Waals surface area contributed by atoms with E-state index in [2.05, 4.69) is 0 Å². The van der Waals surface area contributed by atoms with Crippen molar-refractivity contribution in [2.45, 2.75) is 50.8 Å². The van der Waals surface area contributed by atoms with E-state index >= 15 is 0 Å². The van der Waals surface area contributed by atoms with Crippen LogP contribution in [-0.4, -0.2) is 21.0 Å². The van der Waals surface area contributed by atoms with E-state index in [1.165, 1.54) is 43.5 Å². The fraction of sp³-hybridized carbons (Fsp3) is 0.409. The Balaban J connectivity index is 1.63. The number of hydrogen-bond donors (Lipinski definition) is 0. The van der Waals surface area contributed by atoms with Gasteiger partial charge in [0.15, 0.2) is 0 Å².